The van der Waals surface area contributed by atoms with Gasteiger partial charge in [0.25, 0.3) is 0 Å². The lowest BCUT2D eigenvalue weighted by Crippen LogP contribution is -2.27. The maximum absolute atomic E-state index is 5.41. The molecular formula is C82H58N4. The highest BCUT2D eigenvalue weighted by Crippen LogP contribution is 2.57. The Labute approximate surface area is 502 Å². The Morgan fingerprint density at radius 3 is 0.930 bits per heavy atom. The van der Waals surface area contributed by atoms with Crippen molar-refractivity contribution in [1.82, 2.24) is 19.9 Å². The van der Waals surface area contributed by atoms with E-state index in [0.29, 0.717) is 11.6 Å². The third kappa shape index (κ3) is 7.82. The highest BCUT2D eigenvalue weighted by atomic mass is 14.9. The lowest BCUT2D eigenvalue weighted by molar-refractivity contribution is 0.660. The minimum atomic E-state index is -0.0658. The average Bonchev–Trinajstić information content (AvgIpc) is 1.06. The Hall–Kier alpha value is -10.4. The van der Waals surface area contributed by atoms with E-state index >= 15 is 0 Å². The average molecular weight is 1100 g/mol. The van der Waals surface area contributed by atoms with Gasteiger partial charge in [0.2, 0.25) is 0 Å². The third-order valence-electron chi connectivity index (χ3n) is 19.3. The van der Waals surface area contributed by atoms with Gasteiger partial charge >= 0.3 is 0 Å². The molecule has 13 aromatic rings. The highest BCUT2D eigenvalue weighted by Gasteiger charge is 2.42. The molecule has 4 nitrogen and oxygen atoms in total. The van der Waals surface area contributed by atoms with Crippen molar-refractivity contribution in [2.45, 2.75) is 50.4 Å². The molecule has 0 amide bonds. The van der Waals surface area contributed by atoms with Crippen LogP contribution in [0.4, 0.5) is 0 Å². The number of benzene rings is 11. The minimum Gasteiger partial charge on any atom is -0.228 e. The summed E-state index contributed by atoms with van der Waals surface area (Å²) in [6, 6.07) is 97.6. The fraction of sp³-hybridized carbons (Fsp3) is 0.0976. The highest BCUT2D eigenvalue weighted by molar-refractivity contribution is 5.86. The summed E-state index contributed by atoms with van der Waals surface area (Å²) in [5.74, 6) is 1.46. The quantitative estimate of drug-likeness (QED) is 0.152. The van der Waals surface area contributed by atoms with Gasteiger partial charge in [-0.3, -0.25) is 0 Å². The summed E-state index contributed by atoms with van der Waals surface area (Å²) in [4.78, 5) is 21.5. The van der Waals surface area contributed by atoms with E-state index in [1.165, 1.54) is 100 Å². The lowest BCUT2D eigenvalue weighted by Gasteiger charge is -2.42. The number of nitrogens with zero attached hydrogens (tertiary/aromatic N) is 4. The Morgan fingerprint density at radius 1 is 0.221 bits per heavy atom. The number of hydrogen-bond donors (Lipinski definition) is 0. The lowest BCUT2D eigenvalue weighted by atomic mass is 9.61. The number of hydrogen-bond acceptors (Lipinski definition) is 4. The predicted octanol–water partition coefficient (Wildman–Crippen LogP) is 20.2. The van der Waals surface area contributed by atoms with Gasteiger partial charge in [0.15, 0.2) is 11.6 Å². The number of rotatable bonds is 8. The van der Waals surface area contributed by atoms with E-state index in [9.17, 15) is 0 Å². The molecule has 0 saturated carbocycles. The van der Waals surface area contributed by atoms with Crippen LogP contribution in [0.2, 0.25) is 0 Å². The van der Waals surface area contributed by atoms with Crippen LogP contribution in [0.1, 0.15) is 95.2 Å². The van der Waals surface area contributed by atoms with Gasteiger partial charge in [0, 0.05) is 56.0 Å². The van der Waals surface area contributed by atoms with E-state index in [0.717, 1.165) is 56.2 Å². The molecule has 0 N–H and O–H groups in total. The van der Waals surface area contributed by atoms with Crippen LogP contribution in [0.5, 0.6) is 0 Å². The Kier molecular flexibility index (Phi) is 11.1. The minimum absolute atomic E-state index is 0.0243. The first-order valence-electron chi connectivity index (χ1n) is 30.1. The molecular weight excluding hydrogens is 1040 g/mol. The van der Waals surface area contributed by atoms with Gasteiger partial charge in [-0.25, -0.2) is 19.9 Å². The van der Waals surface area contributed by atoms with Crippen LogP contribution in [0.3, 0.4) is 0 Å². The van der Waals surface area contributed by atoms with E-state index in [1.807, 2.05) is 0 Å². The van der Waals surface area contributed by atoms with Gasteiger partial charge in [-0.1, -0.05) is 258 Å². The maximum atomic E-state index is 5.41. The summed E-state index contributed by atoms with van der Waals surface area (Å²) in [7, 11) is 0. The fourth-order valence-electron chi connectivity index (χ4n) is 14.9. The van der Waals surface area contributed by atoms with Gasteiger partial charge in [0.1, 0.15) is 0 Å². The van der Waals surface area contributed by atoms with Crippen LogP contribution in [-0.4, -0.2) is 19.9 Å². The second-order valence-electron chi connectivity index (χ2n) is 24.9. The second-order valence-corrected chi connectivity index (χ2v) is 24.9. The Bertz CT molecular complexity index is 4610. The Morgan fingerprint density at radius 2 is 0.523 bits per heavy atom. The summed E-state index contributed by atoms with van der Waals surface area (Å²) in [6.07, 6.45) is 0. The van der Waals surface area contributed by atoms with Crippen LogP contribution in [0.25, 0.3) is 112 Å². The molecule has 5 aliphatic carbocycles. The summed E-state index contributed by atoms with van der Waals surface area (Å²) in [5, 5.41) is 0. The zero-order chi connectivity index (χ0) is 57.4. The molecule has 4 heteroatoms. The molecule has 18 rings (SSSR count). The van der Waals surface area contributed by atoms with Crippen molar-refractivity contribution in [3.05, 3.63) is 323 Å². The summed E-state index contributed by atoms with van der Waals surface area (Å²) in [6.45, 7) is 9.37. The van der Waals surface area contributed by atoms with E-state index in [4.69, 9.17) is 19.9 Å². The third-order valence-corrected chi connectivity index (χ3v) is 19.3. The van der Waals surface area contributed by atoms with E-state index in [1.54, 1.807) is 0 Å². The fourth-order valence-corrected chi connectivity index (χ4v) is 14.9. The molecule has 11 aromatic carbocycles. The maximum Gasteiger partial charge on any atom is 0.160 e. The normalized spacial score (nSPS) is 15.6. The van der Waals surface area contributed by atoms with Gasteiger partial charge < -0.3 is 0 Å². The first-order chi connectivity index (χ1) is 42.1. The van der Waals surface area contributed by atoms with Crippen molar-refractivity contribution in [3.63, 3.8) is 0 Å². The monoisotopic (exact) mass is 1100 g/mol. The topological polar surface area (TPSA) is 51.6 Å². The van der Waals surface area contributed by atoms with Crippen LogP contribution < -0.4 is 0 Å². The summed E-state index contributed by atoms with van der Waals surface area (Å²) >= 11 is 0. The molecule has 0 spiro atoms. The molecule has 2 aromatic heterocycles. The Balaban J connectivity index is 0.717. The zero-order valence-corrected chi connectivity index (χ0v) is 48.3. The van der Waals surface area contributed by atoms with Crippen LogP contribution in [0, 0.1) is 0 Å². The standard InChI is InChI=1S/C82H58N4/c1-81(2)69-25-15-13-21-59(69)61-39-35-55(45-71(61)81)49-27-31-53(32-28-49)75-47-73(51-17-7-5-8-18-51)83-79(85-75)57-37-41-65-67(43-57)77-63-23-11-12-24-64(63)78(65)68-44-58(38-42-66(68)77)80-84-74(52-19-9-6-10-20-52)48-76(86-80)54-33-29-50(30-34-54)56-36-40-62-60-22-14-16-26-70(60)82(3,4)72(62)46-56/h5-48,77-78H,1-4H3. The molecule has 0 fully saturated rings. The number of fused-ring (bicyclic) bond motifs is 6. The second kappa shape index (κ2) is 19.1. The van der Waals surface area contributed by atoms with Crippen molar-refractivity contribution in [2.24, 2.45) is 0 Å². The van der Waals surface area contributed by atoms with Crippen molar-refractivity contribution in [2.75, 3.05) is 0 Å². The largest absolute Gasteiger partial charge is 0.228 e. The molecule has 406 valence electrons. The van der Waals surface area contributed by atoms with Crippen molar-refractivity contribution in [3.8, 4) is 112 Å². The molecule has 2 unspecified atom stereocenters. The van der Waals surface area contributed by atoms with Crippen LogP contribution >= 0.6 is 0 Å². The smallest absolute Gasteiger partial charge is 0.160 e. The van der Waals surface area contributed by atoms with E-state index < -0.39 is 0 Å². The molecule has 86 heavy (non-hydrogen) atoms. The predicted molar refractivity (Wildman–Crippen MR) is 351 cm³/mol. The van der Waals surface area contributed by atoms with Crippen LogP contribution in [0.15, 0.2) is 267 Å². The SMILES string of the molecule is CC1(C)c2ccccc2-c2ccc(-c3ccc(-c4cc(-c5ccccc5)nc(-c5ccc6c(c5)C5c7ccccc7C6c6cc(-c7nc(-c8ccccc8)cc(-c8ccc(-c9ccc%10c(c9)C(C)(C)c9ccccc9-%10)cc8)n7)ccc65)n4)cc3)cc21. The first-order valence-corrected chi connectivity index (χ1v) is 30.1. The first kappa shape index (κ1) is 50.1. The number of aromatic nitrogens is 4. The van der Waals surface area contributed by atoms with Crippen molar-refractivity contribution < 1.29 is 0 Å². The van der Waals surface area contributed by atoms with Gasteiger partial charge in [0.05, 0.1) is 22.8 Å². The van der Waals surface area contributed by atoms with Crippen molar-refractivity contribution in [1.29, 1.82) is 0 Å². The van der Waals surface area contributed by atoms with Gasteiger partial charge in [-0.05, 0) is 137 Å². The molecule has 0 saturated heterocycles. The zero-order valence-electron chi connectivity index (χ0n) is 48.3. The molecule has 2 bridgehead atoms. The molecule has 0 aliphatic heterocycles. The van der Waals surface area contributed by atoms with Gasteiger partial charge in [-0.2, -0.15) is 0 Å². The summed E-state index contributed by atoms with van der Waals surface area (Å²) in [5.41, 5.74) is 33.2. The molecule has 5 aliphatic rings. The molecule has 2 heterocycles. The summed E-state index contributed by atoms with van der Waals surface area (Å²) < 4.78 is 0. The molecule has 0 radical (unpaired) electrons. The van der Waals surface area contributed by atoms with E-state index in [-0.39, 0.29) is 22.7 Å². The van der Waals surface area contributed by atoms with Crippen molar-refractivity contribution >= 4 is 0 Å². The molecule has 2 atom stereocenters. The van der Waals surface area contributed by atoms with E-state index in [2.05, 4.69) is 295 Å². The van der Waals surface area contributed by atoms with Gasteiger partial charge in [-0.15, -0.1) is 0 Å². The van der Waals surface area contributed by atoms with Crippen LogP contribution in [-0.2, 0) is 10.8 Å².